The number of hydrogen-bond acceptors (Lipinski definition) is 9. The Morgan fingerprint density at radius 2 is 1.92 bits per heavy atom. The largest absolute Gasteiger partial charge is 0.493 e. The number of hydrogen-bond donors (Lipinski definition) is 1. The number of anilines is 1. The second-order valence-corrected chi connectivity index (χ2v) is 9.35. The smallest absolute Gasteiger partial charge is 0.294 e. The summed E-state index contributed by atoms with van der Waals surface area (Å²) in [7, 11) is 1.49. The molecule has 3 amide bonds. The summed E-state index contributed by atoms with van der Waals surface area (Å²) >= 11 is 0.750. The lowest BCUT2D eigenvalue weighted by Crippen LogP contribution is -2.36. The molecule has 5 rings (SSSR count). The van der Waals surface area contributed by atoms with Crippen LogP contribution in [-0.2, 0) is 16.2 Å². The first-order chi connectivity index (χ1) is 18.9. The minimum atomic E-state index is -0.571. The fraction of sp³-hybridized carbons (Fsp3) is 0.143. The number of ether oxygens (including phenoxy) is 4. The van der Waals surface area contributed by atoms with Crippen molar-refractivity contribution in [2.24, 2.45) is 0 Å². The van der Waals surface area contributed by atoms with Gasteiger partial charge in [0.05, 0.1) is 23.6 Å². The third-order valence-electron chi connectivity index (χ3n) is 5.84. The zero-order chi connectivity index (χ0) is 27.4. The molecule has 3 aromatic rings. The number of imide groups is 1. The highest BCUT2D eigenvalue weighted by Gasteiger charge is 2.36. The average Bonchev–Trinajstić information content (AvgIpc) is 3.51. The molecule has 3 aromatic carbocycles. The fourth-order valence-electron chi connectivity index (χ4n) is 3.91. The highest BCUT2D eigenvalue weighted by Crippen LogP contribution is 2.36. The molecule has 10 nitrogen and oxygen atoms in total. The Labute approximate surface area is 227 Å². The number of rotatable bonds is 8. The van der Waals surface area contributed by atoms with E-state index in [9.17, 15) is 19.6 Å². The van der Waals surface area contributed by atoms with Crippen LogP contribution >= 0.6 is 11.8 Å². The molecule has 0 atom stereocenters. The van der Waals surface area contributed by atoms with Gasteiger partial charge in [0.1, 0.15) is 13.2 Å². The van der Waals surface area contributed by atoms with Crippen LogP contribution in [0.1, 0.15) is 16.7 Å². The molecule has 1 fully saturated rings. The molecule has 0 saturated carbocycles. The van der Waals surface area contributed by atoms with E-state index in [1.807, 2.05) is 12.1 Å². The molecule has 2 aliphatic heterocycles. The molecule has 196 valence electrons. The third-order valence-corrected chi connectivity index (χ3v) is 6.75. The van der Waals surface area contributed by atoms with Gasteiger partial charge in [-0.15, -0.1) is 0 Å². The number of carbonyl (C=O) groups excluding carboxylic acids is 3. The molecule has 0 bridgehead atoms. The SMILES string of the molecule is COc1cc(/C=C2\SC(=O)N(CC(=O)Nc3ccc4c(c3)OCO4)C2=O)ccc1OCc1ccccc1C#N. The van der Waals surface area contributed by atoms with Crippen molar-refractivity contribution >= 4 is 40.6 Å². The molecule has 0 aromatic heterocycles. The van der Waals surface area contributed by atoms with Crippen molar-refractivity contribution in [3.63, 3.8) is 0 Å². The van der Waals surface area contributed by atoms with Crippen LogP contribution in [0.3, 0.4) is 0 Å². The molecule has 11 heteroatoms. The lowest BCUT2D eigenvalue weighted by molar-refractivity contribution is -0.127. The maximum absolute atomic E-state index is 12.9. The normalized spacial score (nSPS) is 14.9. The molecule has 0 radical (unpaired) electrons. The summed E-state index contributed by atoms with van der Waals surface area (Å²) < 4.78 is 21.8. The second-order valence-electron chi connectivity index (χ2n) is 8.35. The predicted molar refractivity (Wildman–Crippen MR) is 142 cm³/mol. The quantitative estimate of drug-likeness (QED) is 0.407. The lowest BCUT2D eigenvalue weighted by Gasteiger charge is -2.13. The number of nitrogens with zero attached hydrogens (tertiary/aromatic N) is 2. The molecule has 0 aliphatic carbocycles. The monoisotopic (exact) mass is 543 g/mol. The van der Waals surface area contributed by atoms with Crippen LogP contribution < -0.4 is 24.3 Å². The van der Waals surface area contributed by atoms with Crippen molar-refractivity contribution in [2.75, 3.05) is 25.8 Å². The molecule has 2 heterocycles. The summed E-state index contributed by atoms with van der Waals surface area (Å²) in [5.74, 6) is 0.846. The summed E-state index contributed by atoms with van der Waals surface area (Å²) in [6, 6.07) is 19.3. The van der Waals surface area contributed by atoms with Crippen molar-refractivity contribution in [1.29, 1.82) is 5.26 Å². The second kappa shape index (κ2) is 11.2. The molecule has 0 spiro atoms. The van der Waals surface area contributed by atoms with Crippen LogP contribution in [0.4, 0.5) is 10.5 Å². The zero-order valence-corrected chi connectivity index (χ0v) is 21.4. The van der Waals surface area contributed by atoms with Gasteiger partial charge < -0.3 is 24.3 Å². The Kier molecular flexibility index (Phi) is 7.38. The van der Waals surface area contributed by atoms with E-state index in [4.69, 9.17) is 18.9 Å². The van der Waals surface area contributed by atoms with Crippen molar-refractivity contribution in [3.05, 3.63) is 82.3 Å². The lowest BCUT2D eigenvalue weighted by atomic mass is 10.1. The molecule has 2 aliphatic rings. The Morgan fingerprint density at radius 1 is 1.10 bits per heavy atom. The third kappa shape index (κ3) is 5.66. The van der Waals surface area contributed by atoms with Gasteiger partial charge in [-0.05, 0) is 53.7 Å². The summed E-state index contributed by atoms with van der Waals surface area (Å²) in [6.45, 7) is -0.155. The van der Waals surface area contributed by atoms with Gasteiger partial charge in [0, 0.05) is 17.3 Å². The van der Waals surface area contributed by atoms with Gasteiger partial charge >= 0.3 is 0 Å². The summed E-state index contributed by atoms with van der Waals surface area (Å²) in [6.07, 6.45) is 1.55. The number of amides is 3. The summed E-state index contributed by atoms with van der Waals surface area (Å²) in [5, 5.41) is 11.4. The van der Waals surface area contributed by atoms with E-state index in [1.165, 1.54) is 7.11 Å². The summed E-state index contributed by atoms with van der Waals surface area (Å²) in [5.41, 5.74) is 2.32. The minimum absolute atomic E-state index is 0.106. The number of thioether (sulfide) groups is 1. The Hall–Kier alpha value is -4.95. The van der Waals surface area contributed by atoms with E-state index in [0.29, 0.717) is 39.8 Å². The highest BCUT2D eigenvalue weighted by atomic mass is 32.2. The Bertz CT molecular complexity index is 1550. The van der Waals surface area contributed by atoms with E-state index in [-0.39, 0.29) is 18.3 Å². The maximum atomic E-state index is 12.9. The predicted octanol–water partition coefficient (Wildman–Crippen LogP) is 4.55. The molecular weight excluding hydrogens is 522 g/mol. The first kappa shape index (κ1) is 25.7. The van der Waals surface area contributed by atoms with Gasteiger partial charge in [0.15, 0.2) is 23.0 Å². The first-order valence-corrected chi connectivity index (χ1v) is 12.5. The topological polar surface area (TPSA) is 127 Å². The van der Waals surface area contributed by atoms with Crippen LogP contribution in [0.15, 0.2) is 65.6 Å². The standard InChI is InChI=1S/C28H21N3O7S/c1-35-23-10-17(6-8-21(23)36-15-19-5-3-2-4-18(19)13-29)11-25-27(33)31(28(34)39-25)14-26(32)30-20-7-9-22-24(12-20)38-16-37-22/h2-12H,14-16H2,1H3,(H,30,32)/b25-11-. The summed E-state index contributed by atoms with van der Waals surface area (Å²) in [4.78, 5) is 39.0. The van der Waals surface area contributed by atoms with Crippen molar-refractivity contribution in [1.82, 2.24) is 4.90 Å². The van der Waals surface area contributed by atoms with Gasteiger partial charge in [-0.3, -0.25) is 19.3 Å². The van der Waals surface area contributed by atoms with Crippen molar-refractivity contribution in [2.45, 2.75) is 6.61 Å². The first-order valence-electron chi connectivity index (χ1n) is 11.7. The Morgan fingerprint density at radius 3 is 2.74 bits per heavy atom. The minimum Gasteiger partial charge on any atom is -0.493 e. The van der Waals surface area contributed by atoms with E-state index >= 15 is 0 Å². The van der Waals surface area contributed by atoms with Gasteiger partial charge in [-0.2, -0.15) is 5.26 Å². The molecular formula is C28H21N3O7S. The number of fused-ring (bicyclic) bond motifs is 1. The van der Waals surface area contributed by atoms with Crippen LogP contribution in [0.2, 0.25) is 0 Å². The van der Waals surface area contributed by atoms with Gasteiger partial charge in [-0.25, -0.2) is 0 Å². The number of nitriles is 1. The van der Waals surface area contributed by atoms with Gasteiger partial charge in [0.2, 0.25) is 12.7 Å². The number of carbonyl (C=O) groups is 3. The van der Waals surface area contributed by atoms with Gasteiger partial charge in [0.25, 0.3) is 11.1 Å². The van der Waals surface area contributed by atoms with Crippen LogP contribution in [0.25, 0.3) is 6.08 Å². The fourth-order valence-corrected chi connectivity index (χ4v) is 4.75. The van der Waals surface area contributed by atoms with Gasteiger partial charge in [-0.1, -0.05) is 24.3 Å². The molecule has 1 N–H and O–H groups in total. The molecule has 0 unspecified atom stereocenters. The zero-order valence-electron chi connectivity index (χ0n) is 20.6. The molecule has 39 heavy (non-hydrogen) atoms. The van der Waals surface area contributed by atoms with Crippen molar-refractivity contribution < 1.29 is 33.3 Å². The number of nitrogens with one attached hydrogen (secondary N) is 1. The van der Waals surface area contributed by atoms with E-state index in [1.54, 1.807) is 54.6 Å². The Balaban J connectivity index is 1.24. The van der Waals surface area contributed by atoms with E-state index < -0.39 is 23.6 Å². The average molecular weight is 544 g/mol. The highest BCUT2D eigenvalue weighted by molar-refractivity contribution is 8.18. The molecule has 1 saturated heterocycles. The number of benzene rings is 3. The van der Waals surface area contributed by atoms with Crippen LogP contribution in [0.5, 0.6) is 23.0 Å². The van der Waals surface area contributed by atoms with Crippen molar-refractivity contribution in [3.8, 4) is 29.1 Å². The van der Waals surface area contributed by atoms with Crippen LogP contribution in [0, 0.1) is 11.3 Å². The van der Waals surface area contributed by atoms with E-state index in [2.05, 4.69) is 11.4 Å². The number of methoxy groups -OCH3 is 1. The van der Waals surface area contributed by atoms with Crippen LogP contribution in [-0.4, -0.2) is 42.4 Å². The maximum Gasteiger partial charge on any atom is 0.294 e. The van der Waals surface area contributed by atoms with E-state index in [0.717, 1.165) is 22.2 Å².